The Morgan fingerprint density at radius 3 is 2.39 bits per heavy atom. The lowest BCUT2D eigenvalue weighted by Gasteiger charge is -2.24. The Morgan fingerprint density at radius 2 is 1.61 bits per heavy atom. The summed E-state index contributed by atoms with van der Waals surface area (Å²) in [6.45, 7) is 5.82. The van der Waals surface area contributed by atoms with E-state index in [0.717, 1.165) is 16.7 Å². The molecule has 1 heterocycles. The summed E-state index contributed by atoms with van der Waals surface area (Å²) in [6.07, 6.45) is 0.642. The van der Waals surface area contributed by atoms with Crippen LogP contribution in [0.15, 0.2) is 106 Å². The predicted octanol–water partition coefficient (Wildman–Crippen LogP) is 7.11. The monoisotopic (exact) mass is 524 g/mol. The average Bonchev–Trinajstić information content (AvgIpc) is 3.26. The third-order valence-corrected chi connectivity index (χ3v) is 8.43. The largest absolute Gasteiger partial charge is 0.320 e. The molecule has 1 aliphatic heterocycles. The molecule has 1 amide bonds. The number of benzene rings is 4. The molecule has 4 aromatic carbocycles. The highest BCUT2D eigenvalue weighted by Gasteiger charge is 2.36. The van der Waals surface area contributed by atoms with Gasteiger partial charge in [0.1, 0.15) is 5.69 Å². The quantitative estimate of drug-likeness (QED) is 0.272. The van der Waals surface area contributed by atoms with Gasteiger partial charge in [-0.25, -0.2) is 8.42 Å². The van der Waals surface area contributed by atoms with Gasteiger partial charge in [-0.3, -0.25) is 9.10 Å². The summed E-state index contributed by atoms with van der Waals surface area (Å²) in [7, 11) is -3.87. The number of anilines is 2. The van der Waals surface area contributed by atoms with Gasteiger partial charge in [-0.2, -0.15) is 5.11 Å². The van der Waals surface area contributed by atoms with E-state index in [9.17, 15) is 13.2 Å². The number of carbonyl (C=O) groups is 1. The van der Waals surface area contributed by atoms with E-state index in [1.165, 1.54) is 16.4 Å². The van der Waals surface area contributed by atoms with Gasteiger partial charge in [-0.1, -0.05) is 48.0 Å². The summed E-state index contributed by atoms with van der Waals surface area (Å²) in [5.74, 6) is -0.437. The molecule has 0 aromatic heterocycles. The van der Waals surface area contributed by atoms with Crippen LogP contribution in [0.1, 0.15) is 34.0 Å². The van der Waals surface area contributed by atoms with Crippen molar-refractivity contribution in [2.45, 2.75) is 38.1 Å². The molecule has 192 valence electrons. The predicted molar refractivity (Wildman–Crippen MR) is 150 cm³/mol. The van der Waals surface area contributed by atoms with Gasteiger partial charge in [0, 0.05) is 11.6 Å². The molecule has 0 spiro atoms. The van der Waals surface area contributed by atoms with Crippen LogP contribution in [0.3, 0.4) is 0 Å². The minimum absolute atomic E-state index is 0.0666. The summed E-state index contributed by atoms with van der Waals surface area (Å²) in [4.78, 5) is 13.3. The minimum Gasteiger partial charge on any atom is -0.320 e. The van der Waals surface area contributed by atoms with Crippen LogP contribution >= 0.6 is 0 Å². The van der Waals surface area contributed by atoms with Gasteiger partial charge < -0.3 is 5.32 Å². The fourth-order valence-electron chi connectivity index (χ4n) is 4.56. The maximum Gasteiger partial charge on any atom is 0.264 e. The lowest BCUT2D eigenvalue weighted by molar-refractivity contribution is 0.102. The van der Waals surface area contributed by atoms with Crippen molar-refractivity contribution in [1.82, 2.24) is 0 Å². The second-order valence-electron chi connectivity index (χ2n) is 9.52. The Hall–Kier alpha value is -4.30. The Balaban J connectivity index is 1.41. The van der Waals surface area contributed by atoms with Crippen molar-refractivity contribution >= 4 is 38.7 Å². The molecule has 0 fully saturated rings. The van der Waals surface area contributed by atoms with E-state index in [1.807, 2.05) is 81.4 Å². The highest BCUT2D eigenvalue weighted by atomic mass is 32.2. The first-order valence-electron chi connectivity index (χ1n) is 12.4. The van der Waals surface area contributed by atoms with Crippen LogP contribution in [0.25, 0.3) is 0 Å². The summed E-state index contributed by atoms with van der Waals surface area (Å²) in [5, 5.41) is 11.5. The molecule has 0 radical (unpaired) electrons. The molecule has 0 saturated carbocycles. The first kappa shape index (κ1) is 25.4. The number of sulfonamides is 1. The fourth-order valence-corrected chi connectivity index (χ4v) is 6.30. The van der Waals surface area contributed by atoms with E-state index in [4.69, 9.17) is 0 Å². The Bertz CT molecular complexity index is 1650. The second-order valence-corrected chi connectivity index (χ2v) is 11.3. The maximum atomic E-state index is 13.6. The number of azo groups is 1. The number of nitrogens with zero attached hydrogens (tertiary/aromatic N) is 3. The number of amides is 1. The van der Waals surface area contributed by atoms with Crippen LogP contribution in [-0.2, 0) is 16.4 Å². The van der Waals surface area contributed by atoms with Gasteiger partial charge in [0.05, 0.1) is 22.0 Å². The average molecular weight is 525 g/mol. The molecule has 1 atom stereocenters. The fraction of sp³-hybridized carbons (Fsp3) is 0.167. The summed E-state index contributed by atoms with van der Waals surface area (Å²) in [5.41, 5.74) is 5.67. The summed E-state index contributed by atoms with van der Waals surface area (Å²) >= 11 is 0. The SMILES string of the molecule is Cc1ccc(N=Nc2cc(C)ccc2NC(=O)c2cccc(S(=O)(=O)N3c4ccccc4CC3C)c2)cc1. The number of carbonyl (C=O) groups excluding carboxylic acids is 1. The lowest BCUT2D eigenvalue weighted by Crippen LogP contribution is -2.35. The van der Waals surface area contributed by atoms with Crippen LogP contribution in [0, 0.1) is 13.8 Å². The van der Waals surface area contributed by atoms with Crippen LogP contribution < -0.4 is 9.62 Å². The highest BCUT2D eigenvalue weighted by molar-refractivity contribution is 7.92. The standard InChI is InChI=1S/C30H28N4O3S/c1-20-11-14-25(15-12-20)32-33-28-17-21(2)13-16-27(28)31-30(35)24-8-6-9-26(19-24)38(36,37)34-22(3)18-23-7-4-5-10-29(23)34/h4-17,19,22H,18H2,1-3H3,(H,31,35). The number of nitrogens with one attached hydrogen (secondary N) is 1. The molecule has 0 bridgehead atoms. The number of aryl methyl sites for hydroxylation is 2. The molecule has 5 rings (SSSR count). The van der Waals surface area contributed by atoms with Crippen molar-refractivity contribution in [2.75, 3.05) is 9.62 Å². The van der Waals surface area contributed by atoms with Gasteiger partial charge in [0.2, 0.25) is 0 Å². The molecule has 38 heavy (non-hydrogen) atoms. The van der Waals surface area contributed by atoms with Crippen molar-refractivity contribution in [3.05, 3.63) is 113 Å². The number of hydrogen-bond acceptors (Lipinski definition) is 5. The molecule has 0 aliphatic carbocycles. The van der Waals surface area contributed by atoms with Crippen LogP contribution in [0.5, 0.6) is 0 Å². The summed E-state index contributed by atoms with van der Waals surface area (Å²) in [6, 6.07) is 26.5. The van der Waals surface area contributed by atoms with Crippen LogP contribution in [0.4, 0.5) is 22.7 Å². The van der Waals surface area contributed by atoms with E-state index >= 15 is 0 Å². The van der Waals surface area contributed by atoms with Crippen molar-refractivity contribution in [3.63, 3.8) is 0 Å². The van der Waals surface area contributed by atoms with E-state index in [0.29, 0.717) is 29.2 Å². The molecule has 1 unspecified atom stereocenters. The molecule has 7 nitrogen and oxygen atoms in total. The van der Waals surface area contributed by atoms with Gasteiger partial charge in [0.15, 0.2) is 0 Å². The molecule has 8 heteroatoms. The van der Waals surface area contributed by atoms with Crippen molar-refractivity contribution in [1.29, 1.82) is 0 Å². The molecule has 1 N–H and O–H groups in total. The Morgan fingerprint density at radius 1 is 0.868 bits per heavy atom. The van der Waals surface area contributed by atoms with Crippen molar-refractivity contribution < 1.29 is 13.2 Å². The Labute approximate surface area is 222 Å². The Kier molecular flexibility index (Phi) is 6.82. The summed E-state index contributed by atoms with van der Waals surface area (Å²) < 4.78 is 28.7. The first-order valence-corrected chi connectivity index (χ1v) is 13.8. The molecule has 0 saturated heterocycles. The van der Waals surface area contributed by atoms with E-state index in [-0.39, 0.29) is 16.5 Å². The second kappa shape index (κ2) is 10.2. The van der Waals surface area contributed by atoms with Gasteiger partial charge in [-0.15, -0.1) is 5.11 Å². The van der Waals surface area contributed by atoms with Crippen molar-refractivity contribution in [2.24, 2.45) is 10.2 Å². The first-order chi connectivity index (χ1) is 18.2. The van der Waals surface area contributed by atoms with Gasteiger partial charge >= 0.3 is 0 Å². The van der Waals surface area contributed by atoms with Crippen molar-refractivity contribution in [3.8, 4) is 0 Å². The topological polar surface area (TPSA) is 91.2 Å². The number of hydrogen-bond donors (Lipinski definition) is 1. The zero-order valence-electron chi connectivity index (χ0n) is 21.4. The van der Waals surface area contributed by atoms with Crippen LogP contribution in [0.2, 0.25) is 0 Å². The number of para-hydroxylation sites is 1. The van der Waals surface area contributed by atoms with Gasteiger partial charge in [-0.05, 0) is 86.8 Å². The minimum atomic E-state index is -3.87. The molecule has 1 aliphatic rings. The maximum absolute atomic E-state index is 13.6. The van der Waals surface area contributed by atoms with E-state index < -0.39 is 15.9 Å². The lowest BCUT2D eigenvalue weighted by atomic mass is 10.1. The van der Waals surface area contributed by atoms with E-state index in [1.54, 1.807) is 18.2 Å². The highest BCUT2D eigenvalue weighted by Crippen LogP contribution is 2.36. The van der Waals surface area contributed by atoms with Gasteiger partial charge in [0.25, 0.3) is 15.9 Å². The molecule has 4 aromatic rings. The smallest absolute Gasteiger partial charge is 0.264 e. The number of rotatable bonds is 6. The van der Waals surface area contributed by atoms with Crippen LogP contribution in [-0.4, -0.2) is 20.4 Å². The molecular formula is C30H28N4O3S. The third kappa shape index (κ3) is 5.08. The zero-order valence-corrected chi connectivity index (χ0v) is 22.2. The zero-order chi connectivity index (χ0) is 26.9. The molecular weight excluding hydrogens is 496 g/mol. The third-order valence-electron chi connectivity index (χ3n) is 6.51. The van der Waals surface area contributed by atoms with E-state index in [2.05, 4.69) is 15.5 Å². The number of fused-ring (bicyclic) bond motifs is 1. The normalized spacial score (nSPS) is 15.0.